The molecule has 140 valence electrons. The summed E-state index contributed by atoms with van der Waals surface area (Å²) >= 11 is 0. The number of anilines is 1. The van der Waals surface area contributed by atoms with Crippen molar-refractivity contribution >= 4 is 17.6 Å². The number of hydrogen-bond donors (Lipinski definition) is 1. The predicted octanol–water partition coefficient (Wildman–Crippen LogP) is 3.41. The van der Waals surface area contributed by atoms with E-state index < -0.39 is 18.0 Å². The number of methoxy groups -OCH3 is 2. The quantitative estimate of drug-likeness (QED) is 0.794. The van der Waals surface area contributed by atoms with E-state index in [9.17, 15) is 9.59 Å². The Balaban J connectivity index is 2.07. The zero-order valence-corrected chi connectivity index (χ0v) is 15.8. The zero-order chi connectivity index (χ0) is 19.4. The fourth-order valence-corrected chi connectivity index (χ4v) is 2.52. The van der Waals surface area contributed by atoms with Gasteiger partial charge >= 0.3 is 5.97 Å². The molecule has 0 saturated carbocycles. The van der Waals surface area contributed by atoms with E-state index in [1.165, 1.54) is 21.1 Å². The van der Waals surface area contributed by atoms with Crippen molar-refractivity contribution in [1.29, 1.82) is 0 Å². The van der Waals surface area contributed by atoms with E-state index in [0.29, 0.717) is 39.8 Å². The van der Waals surface area contributed by atoms with Crippen molar-refractivity contribution in [2.45, 2.75) is 33.8 Å². The number of benzene rings is 1. The molecular formula is C19H23NO6. The van der Waals surface area contributed by atoms with Crippen molar-refractivity contribution < 1.29 is 28.2 Å². The molecule has 1 heterocycles. The molecule has 0 radical (unpaired) electrons. The second-order valence-electron chi connectivity index (χ2n) is 5.82. The van der Waals surface area contributed by atoms with E-state index in [1.54, 1.807) is 39.0 Å². The molecule has 0 fully saturated rings. The van der Waals surface area contributed by atoms with Crippen LogP contribution in [0.2, 0.25) is 0 Å². The summed E-state index contributed by atoms with van der Waals surface area (Å²) in [6.07, 6.45) is -0.982. The summed E-state index contributed by atoms with van der Waals surface area (Å²) in [5.41, 5.74) is 1.57. The van der Waals surface area contributed by atoms with E-state index >= 15 is 0 Å². The van der Waals surface area contributed by atoms with Gasteiger partial charge in [0.15, 0.2) is 17.6 Å². The molecule has 0 aliphatic heterocycles. The van der Waals surface area contributed by atoms with Gasteiger partial charge in [0.05, 0.1) is 14.2 Å². The van der Waals surface area contributed by atoms with Crippen molar-refractivity contribution in [3.05, 3.63) is 40.8 Å². The minimum absolute atomic E-state index is 0.355. The lowest BCUT2D eigenvalue weighted by Gasteiger charge is -2.15. The number of nitrogens with one attached hydrogen (secondary N) is 1. The maximum absolute atomic E-state index is 12.4. The normalized spacial score (nSPS) is 11.6. The number of carbonyl (C=O) groups is 2. The lowest BCUT2D eigenvalue weighted by molar-refractivity contribution is -0.123. The maximum atomic E-state index is 12.4. The minimum atomic E-state index is -0.982. The number of aryl methyl sites for hydroxylation is 2. The fourth-order valence-electron chi connectivity index (χ4n) is 2.52. The molecule has 2 rings (SSSR count). The number of furan rings is 1. The van der Waals surface area contributed by atoms with Crippen LogP contribution < -0.4 is 14.8 Å². The third kappa shape index (κ3) is 3.99. The smallest absolute Gasteiger partial charge is 0.342 e. The van der Waals surface area contributed by atoms with Gasteiger partial charge in [0.25, 0.3) is 5.91 Å². The Hall–Kier alpha value is -2.96. The van der Waals surface area contributed by atoms with Crippen molar-refractivity contribution in [2.24, 2.45) is 0 Å². The number of amides is 1. The maximum Gasteiger partial charge on any atom is 0.342 e. The number of carbonyl (C=O) groups excluding carboxylic acids is 2. The van der Waals surface area contributed by atoms with Crippen LogP contribution in [-0.4, -0.2) is 32.2 Å². The number of ether oxygens (including phenoxy) is 3. The lowest BCUT2D eigenvalue weighted by atomic mass is 10.1. The predicted molar refractivity (Wildman–Crippen MR) is 96.0 cm³/mol. The number of rotatable bonds is 6. The Morgan fingerprint density at radius 2 is 1.69 bits per heavy atom. The summed E-state index contributed by atoms with van der Waals surface area (Å²) in [6.45, 7) is 6.74. The molecule has 7 heteroatoms. The van der Waals surface area contributed by atoms with Gasteiger partial charge in [-0.3, -0.25) is 4.79 Å². The average Bonchev–Trinajstić information content (AvgIpc) is 2.86. The van der Waals surface area contributed by atoms with Gasteiger partial charge in [-0.1, -0.05) is 0 Å². The molecule has 7 nitrogen and oxygen atoms in total. The van der Waals surface area contributed by atoms with E-state index in [2.05, 4.69) is 5.32 Å². The Labute approximate surface area is 152 Å². The molecule has 1 aromatic carbocycles. The third-order valence-corrected chi connectivity index (χ3v) is 4.07. The topological polar surface area (TPSA) is 87.0 Å². The average molecular weight is 361 g/mol. The molecule has 0 aliphatic carbocycles. The van der Waals surface area contributed by atoms with Gasteiger partial charge in [0, 0.05) is 17.3 Å². The molecule has 26 heavy (non-hydrogen) atoms. The van der Waals surface area contributed by atoms with Crippen molar-refractivity contribution in [3.8, 4) is 11.5 Å². The number of esters is 1. The SMILES string of the molecule is COc1ccc(NC(=O)[C@H](C)OC(=O)c2c(C)oc(C)c2C)cc1OC. The molecule has 1 atom stereocenters. The first-order valence-electron chi connectivity index (χ1n) is 8.09. The van der Waals surface area contributed by atoms with Crippen molar-refractivity contribution in [1.82, 2.24) is 0 Å². The van der Waals surface area contributed by atoms with E-state index in [1.807, 2.05) is 0 Å². The van der Waals surface area contributed by atoms with Gasteiger partial charge in [0.1, 0.15) is 17.1 Å². The van der Waals surface area contributed by atoms with Crippen LogP contribution in [0.25, 0.3) is 0 Å². The summed E-state index contributed by atoms with van der Waals surface area (Å²) in [7, 11) is 3.03. The van der Waals surface area contributed by atoms with Gasteiger partial charge in [0.2, 0.25) is 0 Å². The molecule has 0 spiro atoms. The van der Waals surface area contributed by atoms with E-state index in [0.717, 1.165) is 0 Å². The first-order chi connectivity index (χ1) is 12.3. The first-order valence-corrected chi connectivity index (χ1v) is 8.09. The van der Waals surface area contributed by atoms with Gasteiger partial charge in [-0.2, -0.15) is 0 Å². The second-order valence-corrected chi connectivity index (χ2v) is 5.82. The molecule has 1 N–H and O–H groups in total. The summed E-state index contributed by atoms with van der Waals surface area (Å²) < 4.78 is 21.1. The van der Waals surface area contributed by atoms with Gasteiger partial charge < -0.3 is 23.9 Å². The Morgan fingerprint density at radius 3 is 2.23 bits per heavy atom. The molecule has 0 aliphatic rings. The highest BCUT2D eigenvalue weighted by atomic mass is 16.5. The van der Waals surface area contributed by atoms with Crippen LogP contribution in [0.5, 0.6) is 11.5 Å². The van der Waals surface area contributed by atoms with E-state index in [4.69, 9.17) is 18.6 Å². The summed E-state index contributed by atoms with van der Waals surface area (Å²) in [4.78, 5) is 24.7. The molecule has 1 aromatic heterocycles. The van der Waals surface area contributed by atoms with E-state index in [-0.39, 0.29) is 0 Å². The van der Waals surface area contributed by atoms with Gasteiger partial charge in [-0.25, -0.2) is 4.79 Å². The highest BCUT2D eigenvalue weighted by Gasteiger charge is 2.24. The zero-order valence-electron chi connectivity index (χ0n) is 15.8. The van der Waals surface area contributed by atoms with Gasteiger partial charge in [-0.15, -0.1) is 0 Å². The summed E-state index contributed by atoms with van der Waals surface area (Å²) in [6, 6.07) is 4.96. The van der Waals surface area contributed by atoms with Crippen LogP contribution in [0.1, 0.15) is 34.4 Å². The van der Waals surface area contributed by atoms with Gasteiger partial charge in [-0.05, 0) is 39.8 Å². The molecule has 0 saturated heterocycles. The lowest BCUT2D eigenvalue weighted by Crippen LogP contribution is -2.30. The molecule has 0 unspecified atom stereocenters. The monoisotopic (exact) mass is 361 g/mol. The second kappa shape index (κ2) is 7.95. The highest BCUT2D eigenvalue weighted by molar-refractivity contribution is 5.98. The molecular weight excluding hydrogens is 338 g/mol. The van der Waals surface area contributed by atoms with Crippen LogP contribution in [0.4, 0.5) is 5.69 Å². The highest BCUT2D eigenvalue weighted by Crippen LogP contribution is 2.30. The fraction of sp³-hybridized carbons (Fsp3) is 0.368. The standard InChI is InChI=1S/C19H23NO6/c1-10-11(2)25-12(3)17(10)19(22)26-13(4)18(21)20-14-7-8-15(23-5)16(9-14)24-6/h7-9,13H,1-6H3,(H,20,21)/t13-/m0/s1. The van der Waals surface area contributed by atoms with Crippen LogP contribution in [0.3, 0.4) is 0 Å². The molecule has 1 amide bonds. The van der Waals surface area contributed by atoms with Crippen molar-refractivity contribution in [2.75, 3.05) is 19.5 Å². The number of hydrogen-bond acceptors (Lipinski definition) is 6. The Kier molecular flexibility index (Phi) is 5.92. The largest absolute Gasteiger partial charge is 0.493 e. The third-order valence-electron chi connectivity index (χ3n) is 4.07. The molecule has 0 bridgehead atoms. The Morgan fingerprint density at radius 1 is 1.04 bits per heavy atom. The minimum Gasteiger partial charge on any atom is -0.493 e. The van der Waals surface area contributed by atoms with Crippen molar-refractivity contribution in [3.63, 3.8) is 0 Å². The first kappa shape index (κ1) is 19.4. The van der Waals surface area contributed by atoms with Crippen LogP contribution in [0.15, 0.2) is 22.6 Å². The molecule has 2 aromatic rings. The summed E-state index contributed by atoms with van der Waals surface area (Å²) in [5.74, 6) is 1.10. The van der Waals surface area contributed by atoms with Crippen LogP contribution >= 0.6 is 0 Å². The van der Waals surface area contributed by atoms with Crippen LogP contribution in [-0.2, 0) is 9.53 Å². The summed E-state index contributed by atoms with van der Waals surface area (Å²) in [5, 5.41) is 2.68. The van der Waals surface area contributed by atoms with Crippen LogP contribution in [0, 0.1) is 20.8 Å². The Bertz CT molecular complexity index is 824.